The van der Waals surface area contributed by atoms with Gasteiger partial charge >= 0.3 is 0 Å². The minimum absolute atomic E-state index is 0. The molecule has 1 aliphatic heterocycles. The topological polar surface area (TPSA) is 64.1 Å². The first-order chi connectivity index (χ1) is 10.7. The van der Waals surface area contributed by atoms with Crippen molar-refractivity contribution in [1.82, 2.24) is 10.6 Å². The number of hydrogen-bond donors (Lipinski definition) is 2. The van der Waals surface area contributed by atoms with E-state index in [9.17, 15) is 0 Å². The van der Waals surface area contributed by atoms with E-state index < -0.39 is 0 Å². The maximum Gasteiger partial charge on any atom is 0.191 e. The van der Waals surface area contributed by atoms with Gasteiger partial charge in [-0.05, 0) is 25.2 Å². The van der Waals surface area contributed by atoms with Gasteiger partial charge in [-0.25, -0.2) is 0 Å². The SMILES string of the molecule is CN=C(NCCCOCC(C)C)NCCOCC1CCCO1.I. The summed E-state index contributed by atoms with van der Waals surface area (Å²) in [6, 6.07) is 0. The van der Waals surface area contributed by atoms with Crippen molar-refractivity contribution < 1.29 is 14.2 Å². The van der Waals surface area contributed by atoms with Crippen molar-refractivity contribution in [2.45, 2.75) is 39.2 Å². The number of hydrogen-bond acceptors (Lipinski definition) is 4. The van der Waals surface area contributed by atoms with E-state index in [1.807, 2.05) is 0 Å². The molecule has 1 unspecified atom stereocenters. The molecule has 0 bridgehead atoms. The lowest BCUT2D eigenvalue weighted by Gasteiger charge is -2.13. The quantitative estimate of drug-likeness (QED) is 0.222. The standard InChI is InChI=1S/C16H33N3O3.HI/c1-14(2)12-20-9-5-7-18-16(17-3)19-8-11-21-13-15-6-4-10-22-15;/h14-15H,4-13H2,1-3H3,(H2,17,18,19);1H. The Balaban J connectivity index is 0.00000484. The molecule has 138 valence electrons. The van der Waals surface area contributed by atoms with Crippen molar-refractivity contribution in [3.63, 3.8) is 0 Å². The molecular formula is C16H34IN3O3. The molecule has 1 aliphatic rings. The highest BCUT2D eigenvalue weighted by Gasteiger charge is 2.14. The van der Waals surface area contributed by atoms with Gasteiger partial charge in [0.15, 0.2) is 5.96 Å². The van der Waals surface area contributed by atoms with Crippen LogP contribution in [0.25, 0.3) is 0 Å². The molecule has 23 heavy (non-hydrogen) atoms. The van der Waals surface area contributed by atoms with Crippen molar-refractivity contribution in [2.75, 3.05) is 53.2 Å². The maximum absolute atomic E-state index is 5.60. The molecule has 7 heteroatoms. The Kier molecular flexibility index (Phi) is 15.3. The van der Waals surface area contributed by atoms with E-state index in [0.717, 1.165) is 58.1 Å². The zero-order valence-electron chi connectivity index (χ0n) is 14.8. The number of rotatable bonds is 11. The summed E-state index contributed by atoms with van der Waals surface area (Å²) in [6.07, 6.45) is 3.55. The van der Waals surface area contributed by atoms with Gasteiger partial charge in [-0.3, -0.25) is 4.99 Å². The van der Waals surface area contributed by atoms with E-state index >= 15 is 0 Å². The van der Waals surface area contributed by atoms with Crippen molar-refractivity contribution >= 4 is 29.9 Å². The van der Waals surface area contributed by atoms with Crippen LogP contribution in [-0.4, -0.2) is 65.2 Å². The number of nitrogens with one attached hydrogen (secondary N) is 2. The van der Waals surface area contributed by atoms with Crippen molar-refractivity contribution in [3.8, 4) is 0 Å². The highest BCUT2D eigenvalue weighted by Crippen LogP contribution is 2.11. The second kappa shape index (κ2) is 15.4. The molecule has 1 atom stereocenters. The Morgan fingerprint density at radius 2 is 2.00 bits per heavy atom. The summed E-state index contributed by atoms with van der Waals surface area (Å²) >= 11 is 0. The average Bonchev–Trinajstić information content (AvgIpc) is 3.01. The van der Waals surface area contributed by atoms with Crippen molar-refractivity contribution in [3.05, 3.63) is 0 Å². The molecule has 1 saturated heterocycles. The molecule has 0 aliphatic carbocycles. The summed E-state index contributed by atoms with van der Waals surface area (Å²) in [5.41, 5.74) is 0. The molecule has 0 amide bonds. The maximum atomic E-state index is 5.60. The van der Waals surface area contributed by atoms with Crippen molar-refractivity contribution in [2.24, 2.45) is 10.9 Å². The second-order valence-corrected chi connectivity index (χ2v) is 5.96. The Hall–Kier alpha value is -0.120. The Morgan fingerprint density at radius 1 is 1.22 bits per heavy atom. The average molecular weight is 443 g/mol. The number of halogens is 1. The largest absolute Gasteiger partial charge is 0.381 e. The van der Waals surface area contributed by atoms with Gasteiger partial charge in [0.25, 0.3) is 0 Å². The lowest BCUT2D eigenvalue weighted by atomic mass is 10.2. The van der Waals surface area contributed by atoms with E-state index in [1.54, 1.807) is 7.05 Å². The van der Waals surface area contributed by atoms with E-state index in [2.05, 4.69) is 29.5 Å². The normalized spacial score (nSPS) is 18.1. The summed E-state index contributed by atoms with van der Waals surface area (Å²) < 4.78 is 16.7. The molecule has 2 N–H and O–H groups in total. The van der Waals surface area contributed by atoms with Gasteiger partial charge < -0.3 is 24.8 Å². The van der Waals surface area contributed by atoms with Crippen LogP contribution in [0.4, 0.5) is 0 Å². The van der Waals surface area contributed by atoms with Gasteiger partial charge in [0, 0.05) is 40.0 Å². The minimum atomic E-state index is 0. The summed E-state index contributed by atoms with van der Waals surface area (Å²) in [7, 11) is 1.78. The lowest BCUT2D eigenvalue weighted by Crippen LogP contribution is -2.39. The molecule has 0 aromatic carbocycles. The van der Waals surface area contributed by atoms with E-state index in [-0.39, 0.29) is 24.0 Å². The molecular weight excluding hydrogens is 409 g/mol. The van der Waals surface area contributed by atoms with E-state index in [4.69, 9.17) is 14.2 Å². The van der Waals surface area contributed by atoms with Crippen molar-refractivity contribution in [1.29, 1.82) is 0 Å². The third kappa shape index (κ3) is 12.9. The zero-order valence-corrected chi connectivity index (χ0v) is 17.1. The Bertz CT molecular complexity index is 298. The van der Waals surface area contributed by atoms with Crippen LogP contribution in [0.3, 0.4) is 0 Å². The molecule has 6 nitrogen and oxygen atoms in total. The van der Waals surface area contributed by atoms with Gasteiger partial charge in [0.1, 0.15) is 0 Å². The van der Waals surface area contributed by atoms with Crippen LogP contribution in [0, 0.1) is 5.92 Å². The minimum Gasteiger partial charge on any atom is -0.381 e. The van der Waals surface area contributed by atoms with E-state index in [1.165, 1.54) is 0 Å². The number of aliphatic imine (C=N–C) groups is 1. The van der Waals surface area contributed by atoms with Gasteiger partial charge in [-0.2, -0.15) is 0 Å². The van der Waals surface area contributed by atoms with Gasteiger partial charge in [-0.15, -0.1) is 24.0 Å². The fourth-order valence-corrected chi connectivity index (χ4v) is 2.15. The molecule has 0 aromatic heterocycles. The van der Waals surface area contributed by atoms with Crippen LogP contribution in [-0.2, 0) is 14.2 Å². The van der Waals surface area contributed by atoms with Gasteiger partial charge in [0.2, 0.25) is 0 Å². The lowest BCUT2D eigenvalue weighted by molar-refractivity contribution is 0.0191. The molecule has 1 rings (SSSR count). The molecule has 0 spiro atoms. The van der Waals surface area contributed by atoms with Crippen LogP contribution in [0.1, 0.15) is 33.1 Å². The molecule has 1 heterocycles. The van der Waals surface area contributed by atoms with Gasteiger partial charge in [-0.1, -0.05) is 13.8 Å². The van der Waals surface area contributed by atoms with Crippen LogP contribution >= 0.6 is 24.0 Å². The third-order valence-corrected chi connectivity index (χ3v) is 3.30. The fourth-order valence-electron chi connectivity index (χ4n) is 2.15. The van der Waals surface area contributed by atoms with Crippen LogP contribution in [0.15, 0.2) is 4.99 Å². The monoisotopic (exact) mass is 443 g/mol. The molecule has 1 fully saturated rings. The number of nitrogens with zero attached hydrogens (tertiary/aromatic N) is 1. The highest BCUT2D eigenvalue weighted by molar-refractivity contribution is 14.0. The summed E-state index contributed by atoms with van der Waals surface area (Å²) in [5.74, 6) is 1.40. The second-order valence-electron chi connectivity index (χ2n) is 5.96. The number of ether oxygens (including phenoxy) is 3. The smallest absolute Gasteiger partial charge is 0.191 e. The van der Waals surface area contributed by atoms with Crippen LogP contribution < -0.4 is 10.6 Å². The summed E-state index contributed by atoms with van der Waals surface area (Å²) in [5, 5.41) is 6.50. The van der Waals surface area contributed by atoms with Gasteiger partial charge in [0.05, 0.1) is 19.3 Å². The van der Waals surface area contributed by atoms with Crippen LogP contribution in [0.2, 0.25) is 0 Å². The van der Waals surface area contributed by atoms with E-state index in [0.29, 0.717) is 25.2 Å². The molecule has 0 saturated carbocycles. The number of guanidine groups is 1. The fraction of sp³-hybridized carbons (Fsp3) is 0.938. The zero-order chi connectivity index (χ0) is 16.0. The van der Waals surface area contributed by atoms with Crippen LogP contribution in [0.5, 0.6) is 0 Å². The predicted octanol–water partition coefficient (Wildman–Crippen LogP) is 2.03. The first-order valence-electron chi connectivity index (χ1n) is 8.44. The summed E-state index contributed by atoms with van der Waals surface area (Å²) in [6.45, 7) is 9.77. The molecule has 0 radical (unpaired) electrons. The first-order valence-corrected chi connectivity index (χ1v) is 8.44. The Labute approximate surface area is 158 Å². The summed E-state index contributed by atoms with van der Waals surface area (Å²) in [4.78, 5) is 4.18. The predicted molar refractivity (Wildman–Crippen MR) is 105 cm³/mol. The Morgan fingerprint density at radius 3 is 2.65 bits per heavy atom. The third-order valence-electron chi connectivity index (χ3n) is 3.30. The highest BCUT2D eigenvalue weighted by atomic mass is 127. The first kappa shape index (κ1) is 22.9. The molecule has 0 aromatic rings.